The van der Waals surface area contributed by atoms with Crippen molar-refractivity contribution in [1.29, 1.82) is 0 Å². The summed E-state index contributed by atoms with van der Waals surface area (Å²) >= 11 is 7.03. The average molecular weight is 655 g/mol. The molecular weight excluding hydrogens is 628 g/mol. The molecule has 2 atom stereocenters. The number of fused-ring (bicyclic) bond motifs is 1. The lowest BCUT2D eigenvalue weighted by Gasteiger charge is -2.49. The molecule has 7 nitrogen and oxygen atoms in total. The van der Waals surface area contributed by atoms with Crippen LogP contribution in [0.1, 0.15) is 53.8 Å². The third kappa shape index (κ3) is 5.18. The summed E-state index contributed by atoms with van der Waals surface area (Å²) in [5.74, 6) is -3.27. The first-order chi connectivity index (χ1) is 18.2. The Kier molecular flexibility index (Phi) is 8.77. The van der Waals surface area contributed by atoms with Crippen LogP contribution in [-0.4, -0.2) is 45.7 Å². The molecule has 0 saturated carbocycles. The van der Waals surface area contributed by atoms with Gasteiger partial charge in [0.25, 0.3) is 5.91 Å². The number of phenols is 1. The summed E-state index contributed by atoms with van der Waals surface area (Å²) in [4.78, 5) is 28.0. The van der Waals surface area contributed by atoms with E-state index in [2.05, 4.69) is 31.9 Å². The summed E-state index contributed by atoms with van der Waals surface area (Å²) in [6.07, 6.45) is 2.83. The molecule has 0 saturated heterocycles. The van der Waals surface area contributed by atoms with Crippen molar-refractivity contribution in [3.63, 3.8) is 0 Å². The highest BCUT2D eigenvalue weighted by Gasteiger charge is 2.43. The Labute approximate surface area is 235 Å². The van der Waals surface area contributed by atoms with Crippen molar-refractivity contribution in [1.82, 2.24) is 9.58 Å². The standard InChI is InChI=1S/C27H27Br2F2N3O4/c1-3-4-13-38-26-21(35)10-12-33-25(26)27(37)32(2)23(9-11-28)34(33)24(16-7-5-6-8-18(16)29)17-14-19(30)20(31)15-22(17)36/h5-8,10,12,14-15,23-24,36H,3-4,9,11,13H2,1-2H3/t23-,24?/m0/s1. The molecule has 0 bridgehead atoms. The van der Waals surface area contributed by atoms with Gasteiger partial charge in [-0.15, -0.1) is 0 Å². The van der Waals surface area contributed by atoms with Crippen LogP contribution >= 0.6 is 31.9 Å². The smallest absolute Gasteiger partial charge is 0.277 e. The van der Waals surface area contributed by atoms with E-state index in [1.54, 1.807) is 30.3 Å². The molecular formula is C27H27Br2F2N3O4. The second-order valence-electron chi connectivity index (χ2n) is 8.91. The van der Waals surface area contributed by atoms with Crippen LogP contribution < -0.4 is 15.2 Å². The van der Waals surface area contributed by atoms with Gasteiger partial charge in [-0.05, 0) is 30.5 Å². The molecule has 1 unspecified atom stereocenters. The van der Waals surface area contributed by atoms with Crippen molar-refractivity contribution in [3.8, 4) is 11.5 Å². The highest BCUT2D eigenvalue weighted by atomic mass is 79.9. The molecule has 1 amide bonds. The van der Waals surface area contributed by atoms with Crippen molar-refractivity contribution in [2.45, 2.75) is 38.4 Å². The number of hydrogen-bond donors (Lipinski definition) is 1. The summed E-state index contributed by atoms with van der Waals surface area (Å²) in [5.41, 5.74) is 0.271. The van der Waals surface area contributed by atoms with Gasteiger partial charge in [0.05, 0.1) is 6.61 Å². The molecule has 0 radical (unpaired) electrons. The van der Waals surface area contributed by atoms with E-state index >= 15 is 0 Å². The number of carbonyl (C=O) groups is 1. The normalized spacial score (nSPS) is 15.9. The van der Waals surface area contributed by atoms with Gasteiger partial charge in [-0.1, -0.05) is 63.4 Å². The summed E-state index contributed by atoms with van der Waals surface area (Å²) in [6, 6.07) is 9.27. The van der Waals surface area contributed by atoms with E-state index < -0.39 is 40.9 Å². The Morgan fingerprint density at radius 3 is 2.50 bits per heavy atom. The maximum absolute atomic E-state index is 14.6. The van der Waals surface area contributed by atoms with Crippen LogP contribution in [0.5, 0.6) is 11.5 Å². The zero-order valence-electron chi connectivity index (χ0n) is 20.8. The topological polar surface area (TPSA) is 75.0 Å². The van der Waals surface area contributed by atoms with Gasteiger partial charge in [-0.3, -0.25) is 19.3 Å². The number of halogens is 4. The number of ether oxygens (including phenoxy) is 1. The molecule has 0 aliphatic carbocycles. The van der Waals surface area contributed by atoms with Gasteiger partial charge >= 0.3 is 0 Å². The summed E-state index contributed by atoms with van der Waals surface area (Å²) in [5, 5.41) is 13.2. The monoisotopic (exact) mass is 653 g/mol. The largest absolute Gasteiger partial charge is 0.507 e. The average Bonchev–Trinajstić information content (AvgIpc) is 2.89. The second-order valence-corrected chi connectivity index (χ2v) is 10.6. The van der Waals surface area contributed by atoms with E-state index in [4.69, 9.17) is 4.74 Å². The van der Waals surface area contributed by atoms with Crippen LogP contribution in [0.3, 0.4) is 0 Å². The number of amides is 1. The van der Waals surface area contributed by atoms with Gasteiger partial charge in [-0.25, -0.2) is 8.78 Å². The molecule has 38 heavy (non-hydrogen) atoms. The third-order valence-corrected chi connectivity index (χ3v) is 7.68. The predicted octanol–water partition coefficient (Wildman–Crippen LogP) is 5.70. The second kappa shape index (κ2) is 11.9. The highest BCUT2D eigenvalue weighted by Crippen LogP contribution is 2.41. The highest BCUT2D eigenvalue weighted by molar-refractivity contribution is 9.10. The Bertz CT molecular complexity index is 1400. The van der Waals surface area contributed by atoms with Crippen molar-refractivity contribution >= 4 is 37.8 Å². The van der Waals surface area contributed by atoms with Crippen molar-refractivity contribution in [2.75, 3.05) is 24.0 Å². The molecule has 2 heterocycles. The molecule has 1 aliphatic heterocycles. The van der Waals surface area contributed by atoms with Gasteiger partial charge in [0.2, 0.25) is 5.43 Å². The van der Waals surface area contributed by atoms with E-state index in [-0.39, 0.29) is 23.6 Å². The number of phenolic OH excluding ortho intramolecular Hbond substituents is 1. The van der Waals surface area contributed by atoms with Crippen molar-refractivity contribution in [3.05, 3.63) is 91.8 Å². The molecule has 1 aromatic heterocycles. The number of aromatic nitrogens is 1. The van der Waals surface area contributed by atoms with Crippen LogP contribution in [0.25, 0.3) is 0 Å². The number of aromatic hydroxyl groups is 1. The zero-order chi connectivity index (χ0) is 27.6. The van der Waals surface area contributed by atoms with Gasteiger partial charge in [0.15, 0.2) is 23.1 Å². The first-order valence-electron chi connectivity index (χ1n) is 12.1. The Morgan fingerprint density at radius 2 is 1.82 bits per heavy atom. The fourth-order valence-corrected chi connectivity index (χ4v) is 5.53. The molecule has 2 aromatic carbocycles. The fourth-order valence-electron chi connectivity index (χ4n) is 4.62. The van der Waals surface area contributed by atoms with E-state index in [1.807, 2.05) is 13.0 Å². The van der Waals surface area contributed by atoms with Gasteiger partial charge in [-0.2, -0.15) is 0 Å². The molecule has 11 heteroatoms. The molecule has 0 fully saturated rings. The minimum absolute atomic E-state index is 0.0149. The SMILES string of the molecule is CCCCOc1c2n(ccc1=O)N(C(c1cc(F)c(F)cc1O)c1ccccc1Br)[C@@H](CCBr)N(C)C2=O. The van der Waals surface area contributed by atoms with E-state index in [9.17, 15) is 23.5 Å². The van der Waals surface area contributed by atoms with Gasteiger partial charge in [0, 0.05) is 40.7 Å². The van der Waals surface area contributed by atoms with E-state index in [0.29, 0.717) is 28.2 Å². The molecule has 4 rings (SSSR count). The van der Waals surface area contributed by atoms with Crippen LogP contribution in [0.4, 0.5) is 8.78 Å². The van der Waals surface area contributed by atoms with Crippen molar-refractivity contribution < 1.29 is 23.4 Å². The quantitative estimate of drug-likeness (QED) is 0.237. The number of hydrogen-bond acceptors (Lipinski definition) is 5. The number of benzene rings is 2. The minimum Gasteiger partial charge on any atom is -0.507 e. The first-order valence-corrected chi connectivity index (χ1v) is 14.0. The first kappa shape index (κ1) is 28.1. The van der Waals surface area contributed by atoms with Crippen LogP contribution in [0.2, 0.25) is 0 Å². The molecule has 0 spiro atoms. The molecule has 1 N–H and O–H groups in total. The number of alkyl halides is 1. The zero-order valence-corrected chi connectivity index (χ0v) is 24.0. The lowest BCUT2D eigenvalue weighted by atomic mass is 9.95. The van der Waals surface area contributed by atoms with E-state index in [0.717, 1.165) is 18.6 Å². The van der Waals surface area contributed by atoms with Crippen LogP contribution in [0, 0.1) is 11.6 Å². The lowest BCUT2D eigenvalue weighted by Crippen LogP contribution is -2.61. The molecule has 1 aliphatic rings. The minimum atomic E-state index is -1.18. The molecule has 202 valence electrons. The van der Waals surface area contributed by atoms with Crippen LogP contribution in [0.15, 0.2) is 57.9 Å². The number of pyridine rings is 1. The van der Waals surface area contributed by atoms with Crippen LogP contribution in [-0.2, 0) is 0 Å². The number of unbranched alkanes of at least 4 members (excludes halogenated alkanes) is 1. The maximum atomic E-state index is 14.6. The van der Waals surface area contributed by atoms with Gasteiger partial charge < -0.3 is 14.7 Å². The van der Waals surface area contributed by atoms with E-state index in [1.165, 1.54) is 21.8 Å². The summed E-state index contributed by atoms with van der Waals surface area (Å²) < 4.78 is 36.7. The molecule has 3 aromatic rings. The predicted molar refractivity (Wildman–Crippen MR) is 148 cm³/mol. The third-order valence-electron chi connectivity index (χ3n) is 6.50. The van der Waals surface area contributed by atoms with Crippen molar-refractivity contribution in [2.24, 2.45) is 0 Å². The van der Waals surface area contributed by atoms with Gasteiger partial charge in [0.1, 0.15) is 18.0 Å². The summed E-state index contributed by atoms with van der Waals surface area (Å²) in [6.45, 7) is 2.24. The number of carbonyl (C=O) groups excluding carboxylic acids is 1. The number of nitrogens with zero attached hydrogens (tertiary/aromatic N) is 3. The summed E-state index contributed by atoms with van der Waals surface area (Å²) in [7, 11) is 1.61. The maximum Gasteiger partial charge on any atom is 0.277 e. The Morgan fingerprint density at radius 1 is 1.11 bits per heavy atom. The fraction of sp³-hybridized carbons (Fsp3) is 0.333. The number of rotatable bonds is 9. The lowest BCUT2D eigenvalue weighted by molar-refractivity contribution is 0.0611. The Hall–Kier alpha value is -2.92. The Balaban J connectivity index is 2.05.